The number of nitro benzene ring substituents is 1. The summed E-state index contributed by atoms with van der Waals surface area (Å²) in [6.45, 7) is 5.39. The van der Waals surface area contributed by atoms with Crippen molar-refractivity contribution in [2.45, 2.75) is 45.4 Å². The highest BCUT2D eigenvalue weighted by Gasteiger charge is 2.25. The van der Waals surface area contributed by atoms with Crippen molar-refractivity contribution < 1.29 is 14.1 Å². The van der Waals surface area contributed by atoms with E-state index in [2.05, 4.69) is 4.90 Å². The molecule has 27 heavy (non-hydrogen) atoms. The van der Waals surface area contributed by atoms with Crippen LogP contribution >= 0.6 is 0 Å². The average molecular weight is 377 g/mol. The minimum atomic E-state index is -0.707. The first-order valence-electron chi connectivity index (χ1n) is 9.92. The average Bonchev–Trinajstić information content (AvgIpc) is 2.89. The number of halogens is 1. The van der Waals surface area contributed by atoms with Crippen molar-refractivity contribution >= 4 is 11.6 Å². The molecule has 0 aromatic heterocycles. The summed E-state index contributed by atoms with van der Waals surface area (Å²) in [5.74, 6) is -0.271. The third-order valence-corrected chi connectivity index (χ3v) is 5.88. The monoisotopic (exact) mass is 377 g/mol. The lowest BCUT2D eigenvalue weighted by Crippen LogP contribution is -2.37. The van der Waals surface area contributed by atoms with Crippen LogP contribution in [0.4, 0.5) is 10.1 Å². The maximum absolute atomic E-state index is 14.0. The summed E-state index contributed by atoms with van der Waals surface area (Å²) in [4.78, 5) is 27.4. The Kier molecular flexibility index (Phi) is 6.42. The molecule has 1 amide bonds. The number of hydrogen-bond acceptors (Lipinski definition) is 4. The van der Waals surface area contributed by atoms with Crippen LogP contribution in [0.15, 0.2) is 12.1 Å². The normalized spacial score (nSPS) is 19.7. The zero-order valence-corrected chi connectivity index (χ0v) is 16.0. The molecule has 1 aliphatic carbocycles. The Morgan fingerprint density at radius 1 is 1.15 bits per heavy atom. The van der Waals surface area contributed by atoms with Gasteiger partial charge in [-0.2, -0.15) is 0 Å². The van der Waals surface area contributed by atoms with Gasteiger partial charge < -0.3 is 9.80 Å². The maximum Gasteiger partial charge on any atom is 0.276 e. The van der Waals surface area contributed by atoms with Crippen LogP contribution in [-0.2, 0) is 0 Å². The lowest BCUT2D eigenvalue weighted by molar-refractivity contribution is -0.385. The summed E-state index contributed by atoms with van der Waals surface area (Å²) in [5.41, 5.74) is -0.316. The number of carbonyl (C=O) groups is 1. The molecule has 148 valence electrons. The Labute approximate surface area is 159 Å². The van der Waals surface area contributed by atoms with Crippen LogP contribution in [0, 0.1) is 28.8 Å². The highest BCUT2D eigenvalue weighted by molar-refractivity contribution is 5.95. The maximum atomic E-state index is 14.0. The summed E-state index contributed by atoms with van der Waals surface area (Å²) in [5, 5.41) is 11.1. The molecule has 1 saturated carbocycles. The first-order valence-corrected chi connectivity index (χ1v) is 9.92. The number of benzene rings is 1. The SMILES string of the molecule is Cc1c(F)cc(C(=O)N2CCCN(CC3CCCCC3)CC2)cc1[N+](=O)[O-]. The van der Waals surface area contributed by atoms with Gasteiger partial charge in [0.25, 0.3) is 11.6 Å². The predicted molar refractivity (Wildman–Crippen MR) is 101 cm³/mol. The van der Waals surface area contributed by atoms with Gasteiger partial charge in [0.05, 0.1) is 10.5 Å². The van der Waals surface area contributed by atoms with Crippen molar-refractivity contribution in [2.75, 3.05) is 32.7 Å². The van der Waals surface area contributed by atoms with Crippen LogP contribution in [0.5, 0.6) is 0 Å². The fourth-order valence-corrected chi connectivity index (χ4v) is 4.25. The zero-order chi connectivity index (χ0) is 19.4. The topological polar surface area (TPSA) is 66.7 Å². The molecular formula is C20H28FN3O3. The molecule has 0 bridgehead atoms. The number of nitrogens with zero attached hydrogens (tertiary/aromatic N) is 3. The molecule has 0 N–H and O–H groups in total. The highest BCUT2D eigenvalue weighted by atomic mass is 19.1. The molecule has 7 heteroatoms. The van der Waals surface area contributed by atoms with Gasteiger partial charge in [0, 0.05) is 37.8 Å². The van der Waals surface area contributed by atoms with Crippen LogP contribution in [0.25, 0.3) is 0 Å². The molecule has 1 heterocycles. The molecule has 0 atom stereocenters. The highest BCUT2D eigenvalue weighted by Crippen LogP contribution is 2.26. The number of hydrogen-bond donors (Lipinski definition) is 0. The Morgan fingerprint density at radius 2 is 1.89 bits per heavy atom. The van der Waals surface area contributed by atoms with Crippen molar-refractivity contribution in [3.8, 4) is 0 Å². The summed E-state index contributed by atoms with van der Waals surface area (Å²) < 4.78 is 14.0. The van der Waals surface area contributed by atoms with Crippen LogP contribution in [0.2, 0.25) is 0 Å². The van der Waals surface area contributed by atoms with E-state index in [0.29, 0.717) is 13.1 Å². The minimum Gasteiger partial charge on any atom is -0.337 e. The van der Waals surface area contributed by atoms with E-state index in [1.165, 1.54) is 45.1 Å². The van der Waals surface area contributed by atoms with Crippen LogP contribution < -0.4 is 0 Å². The Balaban J connectivity index is 1.65. The summed E-state index contributed by atoms with van der Waals surface area (Å²) >= 11 is 0. The molecule has 1 aliphatic heterocycles. The van der Waals surface area contributed by atoms with E-state index < -0.39 is 10.7 Å². The first-order chi connectivity index (χ1) is 13.0. The second-order valence-corrected chi connectivity index (χ2v) is 7.81. The Morgan fingerprint density at radius 3 is 2.59 bits per heavy atom. The zero-order valence-electron chi connectivity index (χ0n) is 16.0. The number of amides is 1. The van der Waals surface area contributed by atoms with Gasteiger partial charge in [-0.3, -0.25) is 14.9 Å². The van der Waals surface area contributed by atoms with Gasteiger partial charge in [-0.1, -0.05) is 19.3 Å². The van der Waals surface area contributed by atoms with Crippen molar-refractivity contribution in [3.05, 3.63) is 39.2 Å². The van der Waals surface area contributed by atoms with Crippen molar-refractivity contribution in [3.63, 3.8) is 0 Å². The van der Waals surface area contributed by atoms with E-state index in [1.54, 1.807) is 4.90 Å². The van der Waals surface area contributed by atoms with Crippen LogP contribution in [0.3, 0.4) is 0 Å². The Bertz CT molecular complexity index is 704. The van der Waals surface area contributed by atoms with Gasteiger partial charge in [-0.25, -0.2) is 4.39 Å². The standard InChI is InChI=1S/C20H28FN3O3/c1-15-18(21)12-17(13-19(15)24(26)27)20(25)23-9-5-8-22(10-11-23)14-16-6-3-2-4-7-16/h12-13,16H,2-11,14H2,1H3. The van der Waals surface area contributed by atoms with Gasteiger partial charge in [0.2, 0.25) is 0 Å². The first kappa shape index (κ1) is 19.7. The fraction of sp³-hybridized carbons (Fsp3) is 0.650. The second kappa shape index (κ2) is 8.78. The van der Waals surface area contributed by atoms with Crippen LogP contribution in [0.1, 0.15) is 54.4 Å². The van der Waals surface area contributed by atoms with E-state index in [9.17, 15) is 19.3 Å². The van der Waals surface area contributed by atoms with Crippen LogP contribution in [-0.4, -0.2) is 53.4 Å². The molecule has 2 fully saturated rings. The predicted octanol–water partition coefficient (Wildman–Crippen LogP) is 3.77. The van der Waals surface area contributed by atoms with Gasteiger partial charge in [-0.05, 0) is 44.7 Å². The van der Waals surface area contributed by atoms with E-state index in [4.69, 9.17) is 0 Å². The van der Waals surface area contributed by atoms with Crippen molar-refractivity contribution in [1.29, 1.82) is 0 Å². The molecule has 3 rings (SSSR count). The number of rotatable bonds is 4. The summed E-state index contributed by atoms with van der Waals surface area (Å²) in [6, 6.07) is 2.32. The minimum absolute atomic E-state index is 0.0360. The second-order valence-electron chi connectivity index (χ2n) is 7.81. The third kappa shape index (κ3) is 4.83. The lowest BCUT2D eigenvalue weighted by atomic mass is 9.89. The molecular weight excluding hydrogens is 349 g/mol. The van der Waals surface area contributed by atoms with Crippen molar-refractivity contribution in [2.24, 2.45) is 5.92 Å². The molecule has 6 nitrogen and oxygen atoms in total. The molecule has 0 unspecified atom stereocenters. The number of carbonyl (C=O) groups excluding carboxylic acids is 1. The van der Waals surface area contributed by atoms with E-state index in [1.807, 2.05) is 0 Å². The smallest absolute Gasteiger partial charge is 0.276 e. The summed E-state index contributed by atoms with van der Waals surface area (Å²) in [7, 11) is 0. The Hall–Kier alpha value is -2.02. The fourth-order valence-electron chi connectivity index (χ4n) is 4.25. The lowest BCUT2D eigenvalue weighted by Gasteiger charge is -2.28. The van der Waals surface area contributed by atoms with E-state index in [0.717, 1.165) is 38.0 Å². The van der Waals surface area contributed by atoms with Gasteiger partial charge in [0.1, 0.15) is 5.82 Å². The molecule has 0 spiro atoms. The van der Waals surface area contributed by atoms with E-state index in [-0.39, 0.29) is 22.7 Å². The third-order valence-electron chi connectivity index (χ3n) is 5.88. The largest absolute Gasteiger partial charge is 0.337 e. The van der Waals surface area contributed by atoms with Crippen molar-refractivity contribution in [1.82, 2.24) is 9.80 Å². The molecule has 2 aliphatic rings. The number of nitro groups is 1. The molecule has 1 saturated heterocycles. The molecule has 0 radical (unpaired) electrons. The quantitative estimate of drug-likeness (QED) is 0.592. The molecule has 1 aromatic rings. The summed E-state index contributed by atoms with van der Waals surface area (Å²) in [6.07, 6.45) is 7.45. The van der Waals surface area contributed by atoms with Gasteiger partial charge in [-0.15, -0.1) is 0 Å². The molecule has 1 aromatic carbocycles. The van der Waals surface area contributed by atoms with Gasteiger partial charge >= 0.3 is 0 Å². The van der Waals surface area contributed by atoms with E-state index >= 15 is 0 Å². The van der Waals surface area contributed by atoms with Gasteiger partial charge in [0.15, 0.2) is 0 Å².